The molecule has 0 saturated carbocycles. The number of rotatable bonds is 9. The molecule has 160 valence electrons. The minimum absolute atomic E-state index is 0.00473. The van der Waals surface area contributed by atoms with Crippen LogP contribution in [0.1, 0.15) is 29.3 Å². The van der Waals surface area contributed by atoms with Gasteiger partial charge in [-0.05, 0) is 30.7 Å². The quantitative estimate of drug-likeness (QED) is 0.272. The monoisotopic (exact) mass is 522 g/mol. The number of nitrogens with one attached hydrogen (secondary N) is 1. The lowest BCUT2D eigenvalue weighted by atomic mass is 10.0. The third-order valence-electron chi connectivity index (χ3n) is 4.75. The van der Waals surface area contributed by atoms with Crippen molar-refractivity contribution in [2.45, 2.75) is 23.7 Å². The van der Waals surface area contributed by atoms with Crippen LogP contribution in [0, 0.1) is 0 Å². The van der Waals surface area contributed by atoms with Crippen molar-refractivity contribution in [1.29, 1.82) is 0 Å². The summed E-state index contributed by atoms with van der Waals surface area (Å²) in [5, 5.41) is 12.4. The summed E-state index contributed by atoms with van der Waals surface area (Å²) in [6.07, 6.45) is 3.76. The Hall–Kier alpha value is -2.26. The maximum absolute atomic E-state index is 12.8. The number of hydrogen-bond donors (Lipinski definition) is 2. The molecule has 0 saturated heterocycles. The minimum atomic E-state index is -0.266. The van der Waals surface area contributed by atoms with Crippen molar-refractivity contribution in [3.8, 4) is 11.5 Å². The molecular formula is C23H27IN2O4. The number of ether oxygens (including phenoxy) is 2. The molecule has 0 aliphatic carbocycles. The third kappa shape index (κ3) is 5.66. The van der Waals surface area contributed by atoms with Crippen molar-refractivity contribution in [2.75, 3.05) is 31.6 Å². The van der Waals surface area contributed by atoms with Crippen LogP contribution in [0.5, 0.6) is 11.5 Å². The van der Waals surface area contributed by atoms with E-state index in [1.54, 1.807) is 11.2 Å². The molecule has 0 spiro atoms. The van der Waals surface area contributed by atoms with Gasteiger partial charge in [0, 0.05) is 24.4 Å². The predicted molar refractivity (Wildman–Crippen MR) is 126 cm³/mol. The summed E-state index contributed by atoms with van der Waals surface area (Å²) >= 11 is 2.36. The van der Waals surface area contributed by atoms with Gasteiger partial charge in [-0.2, -0.15) is 0 Å². The Morgan fingerprint density at radius 2 is 2.03 bits per heavy atom. The molecule has 6 nitrogen and oxygen atoms in total. The molecule has 30 heavy (non-hydrogen) atoms. The van der Waals surface area contributed by atoms with Crippen LogP contribution in [-0.4, -0.2) is 42.3 Å². The smallest absolute Gasteiger partial charge is 0.322 e. The van der Waals surface area contributed by atoms with Gasteiger partial charge in [0.2, 0.25) is 0 Å². The van der Waals surface area contributed by atoms with E-state index in [4.69, 9.17) is 9.47 Å². The third-order valence-corrected chi connectivity index (χ3v) is 6.18. The summed E-state index contributed by atoms with van der Waals surface area (Å²) < 4.78 is 11.9. The van der Waals surface area contributed by atoms with Crippen LogP contribution >= 0.6 is 22.6 Å². The van der Waals surface area contributed by atoms with Crippen LogP contribution in [0.25, 0.3) is 0 Å². The zero-order valence-electron chi connectivity index (χ0n) is 17.0. The molecule has 1 unspecified atom stereocenters. The molecule has 0 bridgehead atoms. The highest BCUT2D eigenvalue weighted by atomic mass is 127. The molecule has 7 heteroatoms. The minimum Gasteiger partial charge on any atom is -0.493 e. The van der Waals surface area contributed by atoms with Gasteiger partial charge in [-0.15, -0.1) is 0 Å². The molecule has 2 aromatic carbocycles. The fourth-order valence-corrected chi connectivity index (χ4v) is 4.11. The van der Waals surface area contributed by atoms with E-state index in [-0.39, 0.29) is 23.1 Å². The van der Waals surface area contributed by atoms with Gasteiger partial charge >= 0.3 is 6.03 Å². The Kier molecular flexibility index (Phi) is 8.39. The summed E-state index contributed by atoms with van der Waals surface area (Å²) in [6, 6.07) is 14.8. The number of halogens is 1. The van der Waals surface area contributed by atoms with Crippen LogP contribution in [0.2, 0.25) is 0 Å². The summed E-state index contributed by atoms with van der Waals surface area (Å²) in [5.41, 5.74) is 2.63. The highest BCUT2D eigenvalue weighted by molar-refractivity contribution is 14.1. The Morgan fingerprint density at radius 3 is 2.77 bits per heavy atom. The molecule has 3 rings (SSSR count). The first kappa shape index (κ1) is 22.4. The summed E-state index contributed by atoms with van der Waals surface area (Å²) in [5.74, 6) is 1.59. The lowest BCUT2D eigenvalue weighted by molar-refractivity contribution is 0.193. The number of unbranched alkanes of at least 4 members (excludes halogenated alkanes) is 1. The van der Waals surface area contributed by atoms with E-state index in [0.717, 1.165) is 35.5 Å². The Bertz CT molecular complexity index is 873. The number of fused-ring (bicyclic) bond motifs is 1. The largest absolute Gasteiger partial charge is 0.493 e. The number of amides is 2. The molecule has 0 radical (unpaired) electrons. The van der Waals surface area contributed by atoms with Gasteiger partial charge in [0.1, 0.15) is 11.5 Å². The standard InChI is InChI=1S/C23H27IN2O4/c1-2-3-14-29-19-10-7-11-20-21(19)22(24)17(16-30-20)15-26(12-13-27)23(28)25-18-8-5-4-6-9-18/h4-11,16,22,27H,2-3,12-15H2,1H3,(H,25,28). The average molecular weight is 522 g/mol. The van der Waals surface area contributed by atoms with E-state index in [9.17, 15) is 9.90 Å². The molecule has 2 aromatic rings. The first-order valence-corrected chi connectivity index (χ1v) is 11.4. The second kappa shape index (κ2) is 11.2. The van der Waals surface area contributed by atoms with Crippen molar-refractivity contribution in [3.05, 3.63) is 65.9 Å². The number of nitrogens with zero attached hydrogens (tertiary/aromatic N) is 1. The summed E-state index contributed by atoms with van der Waals surface area (Å²) in [4.78, 5) is 14.4. The molecule has 0 aromatic heterocycles. The van der Waals surface area contributed by atoms with Crippen LogP contribution in [-0.2, 0) is 0 Å². The van der Waals surface area contributed by atoms with Crippen LogP contribution < -0.4 is 14.8 Å². The van der Waals surface area contributed by atoms with Gasteiger partial charge in [-0.25, -0.2) is 4.79 Å². The van der Waals surface area contributed by atoms with Gasteiger partial charge in [-0.3, -0.25) is 0 Å². The normalized spacial score (nSPS) is 14.9. The van der Waals surface area contributed by atoms with Crippen molar-refractivity contribution < 1.29 is 19.4 Å². The number of aliphatic hydroxyl groups is 1. The maximum atomic E-state index is 12.8. The first-order valence-electron chi connectivity index (χ1n) is 10.1. The van der Waals surface area contributed by atoms with Crippen molar-refractivity contribution in [1.82, 2.24) is 4.90 Å². The van der Waals surface area contributed by atoms with Crippen molar-refractivity contribution in [2.24, 2.45) is 0 Å². The van der Waals surface area contributed by atoms with Gasteiger partial charge in [0.15, 0.2) is 0 Å². The fraction of sp³-hybridized carbons (Fsp3) is 0.348. The van der Waals surface area contributed by atoms with Crippen LogP contribution in [0.15, 0.2) is 60.4 Å². The average Bonchev–Trinajstić information content (AvgIpc) is 2.76. The lowest BCUT2D eigenvalue weighted by Crippen LogP contribution is -2.39. The Morgan fingerprint density at radius 1 is 1.23 bits per heavy atom. The van der Waals surface area contributed by atoms with Crippen LogP contribution in [0.4, 0.5) is 10.5 Å². The van der Waals surface area contributed by atoms with E-state index >= 15 is 0 Å². The number of para-hydroxylation sites is 1. The van der Waals surface area contributed by atoms with Gasteiger partial charge in [0.25, 0.3) is 0 Å². The number of hydrogen-bond acceptors (Lipinski definition) is 4. The van der Waals surface area contributed by atoms with Crippen molar-refractivity contribution in [3.63, 3.8) is 0 Å². The lowest BCUT2D eigenvalue weighted by Gasteiger charge is -2.29. The fourth-order valence-electron chi connectivity index (χ4n) is 3.15. The number of urea groups is 1. The number of carbonyl (C=O) groups excluding carboxylic acids is 1. The van der Waals surface area contributed by atoms with Gasteiger partial charge in [0.05, 0.1) is 29.0 Å². The van der Waals surface area contributed by atoms with E-state index < -0.39 is 0 Å². The Labute approximate surface area is 191 Å². The zero-order chi connectivity index (χ0) is 21.3. The van der Waals surface area contributed by atoms with E-state index in [0.29, 0.717) is 18.8 Å². The van der Waals surface area contributed by atoms with Crippen LogP contribution in [0.3, 0.4) is 0 Å². The second-order valence-corrected chi connectivity index (χ2v) is 8.23. The van der Waals surface area contributed by atoms with Crippen molar-refractivity contribution >= 4 is 34.3 Å². The number of carbonyl (C=O) groups is 1. The summed E-state index contributed by atoms with van der Waals surface area (Å²) in [7, 11) is 0. The topological polar surface area (TPSA) is 71.0 Å². The highest BCUT2D eigenvalue weighted by Crippen LogP contribution is 2.46. The molecule has 1 heterocycles. The molecule has 0 fully saturated rings. The van der Waals surface area contributed by atoms with E-state index in [1.807, 2.05) is 48.5 Å². The zero-order valence-corrected chi connectivity index (χ0v) is 19.2. The maximum Gasteiger partial charge on any atom is 0.322 e. The molecule has 2 amide bonds. The predicted octanol–water partition coefficient (Wildman–Crippen LogP) is 5.14. The van der Waals surface area contributed by atoms with Gasteiger partial charge in [-0.1, -0.05) is 60.2 Å². The number of benzene rings is 2. The van der Waals surface area contributed by atoms with E-state index in [1.165, 1.54) is 0 Å². The molecule has 1 aliphatic heterocycles. The highest BCUT2D eigenvalue weighted by Gasteiger charge is 2.28. The van der Waals surface area contributed by atoms with E-state index in [2.05, 4.69) is 34.8 Å². The number of anilines is 1. The first-order chi connectivity index (χ1) is 14.6. The Balaban J connectivity index is 1.74. The molecular weight excluding hydrogens is 495 g/mol. The second-order valence-electron chi connectivity index (χ2n) is 6.98. The SMILES string of the molecule is CCCCOc1cccc2c1C(I)C(CN(CCO)C(=O)Nc1ccccc1)=CO2. The summed E-state index contributed by atoms with van der Waals surface area (Å²) in [6.45, 7) is 3.23. The molecule has 1 atom stereocenters. The molecule has 2 N–H and O–H groups in total. The number of aliphatic hydroxyl groups excluding tert-OH is 1. The van der Waals surface area contributed by atoms with Gasteiger partial charge < -0.3 is 24.8 Å². The molecule has 1 aliphatic rings. The number of alkyl halides is 1.